The van der Waals surface area contributed by atoms with E-state index in [1.54, 1.807) is 6.20 Å². The maximum Gasteiger partial charge on any atom is 0.269 e. The average Bonchev–Trinajstić information content (AvgIpc) is 3.22. The Bertz CT molecular complexity index is 1200. The van der Waals surface area contributed by atoms with Crippen LogP contribution in [0.4, 0.5) is 5.69 Å². The third-order valence-corrected chi connectivity index (χ3v) is 5.83. The monoisotopic (exact) mass is 396 g/mol. The molecule has 5 nitrogen and oxygen atoms in total. The molecule has 0 aliphatic carbocycles. The van der Waals surface area contributed by atoms with Crippen LogP contribution in [-0.2, 0) is 19.4 Å². The fourth-order valence-electron chi connectivity index (χ4n) is 4.20. The number of amides is 1. The molecule has 0 saturated carbocycles. The minimum atomic E-state index is -0.130. The number of pyridine rings is 1. The smallest absolute Gasteiger partial charge is 0.269 e. The number of carbonyl (C=O) groups excluding carboxylic acids is 1. The van der Waals surface area contributed by atoms with E-state index < -0.39 is 0 Å². The molecule has 2 aromatic carbocycles. The number of para-hydroxylation sites is 1. The SMILES string of the molecule is O=C(NCCc1c[nH]c2ccccc12)c1cc(N2CCc3ccccc3C2)ccn1. The second kappa shape index (κ2) is 8.03. The Morgan fingerprint density at radius 2 is 1.90 bits per heavy atom. The Morgan fingerprint density at radius 1 is 1.07 bits per heavy atom. The normalized spacial score (nSPS) is 13.3. The quantitative estimate of drug-likeness (QED) is 0.534. The summed E-state index contributed by atoms with van der Waals surface area (Å²) in [6.45, 7) is 2.38. The van der Waals surface area contributed by atoms with Gasteiger partial charge in [-0.3, -0.25) is 9.78 Å². The molecule has 2 N–H and O–H groups in total. The molecule has 4 aromatic rings. The minimum Gasteiger partial charge on any atom is -0.367 e. The number of carbonyl (C=O) groups is 1. The summed E-state index contributed by atoms with van der Waals surface area (Å²) < 4.78 is 0. The van der Waals surface area contributed by atoms with Crippen LogP contribution in [0.25, 0.3) is 10.9 Å². The van der Waals surface area contributed by atoms with E-state index in [2.05, 4.69) is 56.6 Å². The first-order chi connectivity index (χ1) is 14.8. The van der Waals surface area contributed by atoms with Gasteiger partial charge in [0.05, 0.1) is 0 Å². The lowest BCUT2D eigenvalue weighted by Gasteiger charge is -2.30. The molecule has 3 heterocycles. The highest BCUT2D eigenvalue weighted by atomic mass is 16.1. The van der Waals surface area contributed by atoms with Crippen LogP contribution in [0.3, 0.4) is 0 Å². The standard InChI is InChI=1S/C25H24N4O/c30-25(27-12-9-19-16-28-23-8-4-3-7-22(19)23)24-15-21(10-13-26-24)29-14-11-18-5-1-2-6-20(18)17-29/h1-8,10,13,15-16,28H,9,11-12,14,17H2,(H,27,30). The number of aromatic amines is 1. The van der Waals surface area contributed by atoms with Crippen LogP contribution < -0.4 is 10.2 Å². The van der Waals surface area contributed by atoms with Gasteiger partial charge in [0.2, 0.25) is 0 Å². The van der Waals surface area contributed by atoms with Gasteiger partial charge in [-0.25, -0.2) is 0 Å². The van der Waals surface area contributed by atoms with Crippen LogP contribution >= 0.6 is 0 Å². The van der Waals surface area contributed by atoms with Crippen molar-refractivity contribution in [1.82, 2.24) is 15.3 Å². The molecule has 150 valence electrons. The Morgan fingerprint density at radius 3 is 2.83 bits per heavy atom. The molecule has 0 fully saturated rings. The highest BCUT2D eigenvalue weighted by Crippen LogP contribution is 2.24. The summed E-state index contributed by atoms with van der Waals surface area (Å²) in [5.74, 6) is -0.130. The zero-order valence-electron chi connectivity index (χ0n) is 16.8. The summed E-state index contributed by atoms with van der Waals surface area (Å²) >= 11 is 0. The predicted octanol–water partition coefficient (Wildman–Crippen LogP) is 4.10. The van der Waals surface area contributed by atoms with E-state index in [1.165, 1.54) is 22.1 Å². The van der Waals surface area contributed by atoms with Gasteiger partial charge in [-0.05, 0) is 47.7 Å². The van der Waals surface area contributed by atoms with Gasteiger partial charge in [0.15, 0.2) is 0 Å². The van der Waals surface area contributed by atoms with Crippen molar-refractivity contribution in [1.29, 1.82) is 0 Å². The van der Waals surface area contributed by atoms with Crippen molar-refractivity contribution < 1.29 is 4.79 Å². The zero-order valence-corrected chi connectivity index (χ0v) is 16.8. The number of hydrogen-bond acceptors (Lipinski definition) is 3. The number of nitrogens with one attached hydrogen (secondary N) is 2. The molecule has 0 atom stereocenters. The molecular weight excluding hydrogens is 372 g/mol. The molecule has 1 amide bonds. The number of fused-ring (bicyclic) bond motifs is 2. The molecule has 0 bridgehead atoms. The van der Waals surface area contributed by atoms with Gasteiger partial charge in [-0.1, -0.05) is 42.5 Å². The Hall–Kier alpha value is -3.60. The van der Waals surface area contributed by atoms with Gasteiger partial charge >= 0.3 is 0 Å². The third kappa shape index (κ3) is 3.66. The largest absolute Gasteiger partial charge is 0.367 e. The van der Waals surface area contributed by atoms with Gasteiger partial charge in [-0.15, -0.1) is 0 Å². The number of anilines is 1. The van der Waals surface area contributed by atoms with Crippen LogP contribution in [-0.4, -0.2) is 29.0 Å². The van der Waals surface area contributed by atoms with Crippen LogP contribution in [0.5, 0.6) is 0 Å². The molecular formula is C25H24N4O. The van der Waals surface area contributed by atoms with Gasteiger partial charge in [-0.2, -0.15) is 0 Å². The van der Waals surface area contributed by atoms with Gasteiger partial charge in [0.25, 0.3) is 5.91 Å². The van der Waals surface area contributed by atoms with Crippen LogP contribution in [0.15, 0.2) is 73.1 Å². The number of benzene rings is 2. The number of aromatic nitrogens is 2. The van der Waals surface area contributed by atoms with E-state index in [1.807, 2.05) is 30.5 Å². The fraction of sp³-hybridized carbons (Fsp3) is 0.200. The molecule has 2 aromatic heterocycles. The van der Waals surface area contributed by atoms with Gasteiger partial charge in [0, 0.05) is 48.6 Å². The molecule has 5 heteroatoms. The summed E-state index contributed by atoms with van der Waals surface area (Å²) in [4.78, 5) is 22.6. The van der Waals surface area contributed by atoms with Crippen molar-refractivity contribution in [2.45, 2.75) is 19.4 Å². The topological polar surface area (TPSA) is 61.0 Å². The van der Waals surface area contributed by atoms with Crippen molar-refractivity contribution in [3.8, 4) is 0 Å². The lowest BCUT2D eigenvalue weighted by molar-refractivity contribution is 0.0949. The highest BCUT2D eigenvalue weighted by Gasteiger charge is 2.17. The second-order valence-electron chi connectivity index (χ2n) is 7.70. The second-order valence-corrected chi connectivity index (χ2v) is 7.70. The summed E-state index contributed by atoms with van der Waals surface area (Å²) in [5.41, 5.74) is 6.60. The number of hydrogen-bond donors (Lipinski definition) is 2. The molecule has 5 rings (SSSR count). The van der Waals surface area contributed by atoms with E-state index >= 15 is 0 Å². The minimum absolute atomic E-state index is 0.130. The zero-order chi connectivity index (χ0) is 20.3. The molecule has 1 aliphatic heterocycles. The Kier molecular flexibility index (Phi) is 4.93. The maximum atomic E-state index is 12.7. The Labute approximate surface area is 175 Å². The van der Waals surface area contributed by atoms with Crippen LogP contribution in [0.1, 0.15) is 27.2 Å². The highest BCUT2D eigenvalue weighted by molar-refractivity contribution is 5.93. The summed E-state index contributed by atoms with van der Waals surface area (Å²) in [5, 5.41) is 4.22. The van der Waals surface area contributed by atoms with Gasteiger partial charge in [0.1, 0.15) is 5.69 Å². The van der Waals surface area contributed by atoms with Crippen LogP contribution in [0, 0.1) is 0 Å². The van der Waals surface area contributed by atoms with E-state index in [-0.39, 0.29) is 5.91 Å². The molecule has 30 heavy (non-hydrogen) atoms. The molecule has 0 radical (unpaired) electrons. The Balaban J connectivity index is 1.23. The maximum absolute atomic E-state index is 12.7. The molecule has 1 aliphatic rings. The fourth-order valence-corrected chi connectivity index (χ4v) is 4.20. The predicted molar refractivity (Wildman–Crippen MR) is 120 cm³/mol. The number of nitrogens with zero attached hydrogens (tertiary/aromatic N) is 2. The van der Waals surface area contributed by atoms with Gasteiger partial charge < -0.3 is 15.2 Å². The average molecular weight is 396 g/mol. The van der Waals surface area contributed by atoms with E-state index in [4.69, 9.17) is 0 Å². The van der Waals surface area contributed by atoms with Crippen molar-refractivity contribution in [3.05, 3.63) is 95.4 Å². The van der Waals surface area contributed by atoms with Crippen molar-refractivity contribution in [2.24, 2.45) is 0 Å². The lowest BCUT2D eigenvalue weighted by Crippen LogP contribution is -2.31. The third-order valence-electron chi connectivity index (χ3n) is 5.83. The lowest BCUT2D eigenvalue weighted by atomic mass is 9.99. The molecule has 0 unspecified atom stereocenters. The molecule has 0 saturated heterocycles. The summed E-state index contributed by atoms with van der Waals surface area (Å²) in [6, 6.07) is 20.7. The van der Waals surface area contributed by atoms with E-state index in [0.717, 1.165) is 37.1 Å². The van der Waals surface area contributed by atoms with E-state index in [9.17, 15) is 4.79 Å². The number of H-pyrrole nitrogens is 1. The molecule has 0 spiro atoms. The first kappa shape index (κ1) is 18.4. The van der Waals surface area contributed by atoms with E-state index in [0.29, 0.717) is 12.2 Å². The summed E-state index contributed by atoms with van der Waals surface area (Å²) in [6.07, 6.45) is 5.54. The van der Waals surface area contributed by atoms with Crippen molar-refractivity contribution in [3.63, 3.8) is 0 Å². The summed E-state index contributed by atoms with van der Waals surface area (Å²) in [7, 11) is 0. The first-order valence-electron chi connectivity index (χ1n) is 10.4. The number of rotatable bonds is 5. The first-order valence-corrected chi connectivity index (χ1v) is 10.4. The van der Waals surface area contributed by atoms with Crippen molar-refractivity contribution >= 4 is 22.5 Å². The van der Waals surface area contributed by atoms with Crippen molar-refractivity contribution in [2.75, 3.05) is 18.0 Å². The van der Waals surface area contributed by atoms with Crippen LogP contribution in [0.2, 0.25) is 0 Å².